The van der Waals surface area contributed by atoms with Crippen LogP contribution in [-0.4, -0.2) is 18.4 Å². The molecule has 0 atom stereocenters. The van der Waals surface area contributed by atoms with E-state index in [-0.39, 0.29) is 16.5 Å². The highest BCUT2D eigenvalue weighted by molar-refractivity contribution is 6.34. The van der Waals surface area contributed by atoms with Crippen molar-refractivity contribution >= 4 is 34.8 Å². The second-order valence-electron chi connectivity index (χ2n) is 6.82. The monoisotopic (exact) mass is 374 g/mol. The van der Waals surface area contributed by atoms with Gasteiger partial charge < -0.3 is 10.2 Å². The molecule has 0 aromatic heterocycles. The van der Waals surface area contributed by atoms with Gasteiger partial charge in [-0.25, -0.2) is 4.39 Å². The number of nitrogens with one attached hydrogen (secondary N) is 1. The van der Waals surface area contributed by atoms with E-state index in [2.05, 4.69) is 19.2 Å². The molecule has 2 aromatic carbocycles. The molecule has 0 aliphatic carbocycles. The highest BCUT2D eigenvalue weighted by Crippen LogP contribution is 2.31. The van der Waals surface area contributed by atoms with Gasteiger partial charge in [0.2, 0.25) is 5.91 Å². The molecule has 0 fully saturated rings. The fourth-order valence-corrected chi connectivity index (χ4v) is 3.28. The highest BCUT2D eigenvalue weighted by atomic mass is 35.5. The second-order valence-corrected chi connectivity index (χ2v) is 7.23. The topological polar surface area (TPSA) is 49.4 Å². The summed E-state index contributed by atoms with van der Waals surface area (Å²) in [6.07, 6.45) is 1.08. The van der Waals surface area contributed by atoms with Crippen molar-refractivity contribution in [2.45, 2.75) is 26.7 Å². The summed E-state index contributed by atoms with van der Waals surface area (Å²) in [5.74, 6) is -0.512. The van der Waals surface area contributed by atoms with Crippen molar-refractivity contribution in [2.75, 3.05) is 16.8 Å². The molecule has 1 N–H and O–H groups in total. The van der Waals surface area contributed by atoms with Gasteiger partial charge in [0.1, 0.15) is 5.82 Å². The Morgan fingerprint density at radius 3 is 2.73 bits per heavy atom. The number of anilines is 2. The van der Waals surface area contributed by atoms with E-state index in [4.69, 9.17) is 11.6 Å². The minimum atomic E-state index is -0.521. The number of nitrogens with zero attached hydrogens (tertiary/aromatic N) is 1. The van der Waals surface area contributed by atoms with Crippen LogP contribution in [0, 0.1) is 11.7 Å². The van der Waals surface area contributed by atoms with Gasteiger partial charge in [0, 0.05) is 24.3 Å². The van der Waals surface area contributed by atoms with E-state index in [1.807, 2.05) is 12.1 Å². The van der Waals surface area contributed by atoms with Crippen molar-refractivity contribution in [3.05, 3.63) is 58.4 Å². The van der Waals surface area contributed by atoms with Crippen LogP contribution in [0.4, 0.5) is 15.8 Å². The predicted molar refractivity (Wildman–Crippen MR) is 101 cm³/mol. The maximum Gasteiger partial charge on any atom is 0.257 e. The first-order chi connectivity index (χ1) is 12.3. The van der Waals surface area contributed by atoms with Gasteiger partial charge in [0.25, 0.3) is 5.91 Å². The third-order valence-corrected chi connectivity index (χ3v) is 4.59. The lowest BCUT2D eigenvalue weighted by molar-refractivity contribution is -0.119. The molecule has 0 bridgehead atoms. The predicted octanol–water partition coefficient (Wildman–Crippen LogP) is 4.67. The first-order valence-electron chi connectivity index (χ1n) is 8.55. The molecule has 0 saturated carbocycles. The van der Waals surface area contributed by atoms with Gasteiger partial charge in [-0.05, 0) is 54.3 Å². The van der Waals surface area contributed by atoms with Gasteiger partial charge in [0.15, 0.2) is 0 Å². The quantitative estimate of drug-likeness (QED) is 0.845. The first-order valence-corrected chi connectivity index (χ1v) is 8.92. The summed E-state index contributed by atoms with van der Waals surface area (Å²) < 4.78 is 13.4. The van der Waals surface area contributed by atoms with Crippen LogP contribution in [0.5, 0.6) is 0 Å². The molecule has 6 heteroatoms. The molecule has 3 rings (SSSR count). The van der Waals surface area contributed by atoms with E-state index in [1.54, 1.807) is 11.0 Å². The number of fused-ring (bicyclic) bond motifs is 1. The van der Waals surface area contributed by atoms with Crippen molar-refractivity contribution in [2.24, 2.45) is 5.92 Å². The molecule has 4 nitrogen and oxygen atoms in total. The molecule has 1 aliphatic heterocycles. The summed E-state index contributed by atoms with van der Waals surface area (Å²) in [6.45, 7) is 4.80. The van der Waals surface area contributed by atoms with Crippen LogP contribution in [0.25, 0.3) is 0 Å². The average molecular weight is 375 g/mol. The van der Waals surface area contributed by atoms with Gasteiger partial charge >= 0.3 is 0 Å². The molecule has 0 saturated heterocycles. The van der Waals surface area contributed by atoms with Crippen molar-refractivity contribution in [1.29, 1.82) is 0 Å². The zero-order chi connectivity index (χ0) is 18.8. The summed E-state index contributed by atoms with van der Waals surface area (Å²) in [5.41, 5.74) is 2.57. The van der Waals surface area contributed by atoms with E-state index < -0.39 is 11.7 Å². The second kappa shape index (κ2) is 7.46. The zero-order valence-corrected chi connectivity index (χ0v) is 15.4. The summed E-state index contributed by atoms with van der Waals surface area (Å²) in [4.78, 5) is 26.4. The van der Waals surface area contributed by atoms with Crippen LogP contribution in [0.1, 0.15) is 36.2 Å². The Kier molecular flexibility index (Phi) is 5.28. The van der Waals surface area contributed by atoms with Gasteiger partial charge in [-0.2, -0.15) is 0 Å². The van der Waals surface area contributed by atoms with Gasteiger partial charge in [-0.1, -0.05) is 25.4 Å². The molecular weight excluding hydrogens is 355 g/mol. The Morgan fingerprint density at radius 1 is 1.23 bits per heavy atom. The van der Waals surface area contributed by atoms with Crippen LogP contribution < -0.4 is 10.2 Å². The lowest BCUT2D eigenvalue weighted by Gasteiger charge is -2.31. The number of benzene rings is 2. The smallest absolute Gasteiger partial charge is 0.257 e. The van der Waals surface area contributed by atoms with Crippen LogP contribution in [0.15, 0.2) is 36.4 Å². The molecular formula is C20H20ClFN2O2. The number of amides is 2. The minimum absolute atomic E-state index is 0.0843. The summed E-state index contributed by atoms with van der Waals surface area (Å²) >= 11 is 5.98. The Bertz CT molecular complexity index is 867. The molecule has 26 heavy (non-hydrogen) atoms. The van der Waals surface area contributed by atoms with Crippen LogP contribution in [-0.2, 0) is 11.2 Å². The van der Waals surface area contributed by atoms with Crippen molar-refractivity contribution in [1.82, 2.24) is 0 Å². The lowest BCUT2D eigenvalue weighted by atomic mass is 9.99. The lowest BCUT2D eigenvalue weighted by Crippen LogP contribution is -2.37. The Hall–Kier alpha value is -2.40. The van der Waals surface area contributed by atoms with E-state index >= 15 is 0 Å². The van der Waals surface area contributed by atoms with E-state index in [0.29, 0.717) is 31.0 Å². The van der Waals surface area contributed by atoms with Crippen molar-refractivity contribution in [3.8, 4) is 0 Å². The van der Waals surface area contributed by atoms with Crippen molar-refractivity contribution < 1.29 is 14.0 Å². The average Bonchev–Trinajstić information content (AvgIpc) is 2.59. The Balaban J connectivity index is 1.84. The van der Waals surface area contributed by atoms with E-state index in [9.17, 15) is 14.0 Å². The summed E-state index contributed by atoms with van der Waals surface area (Å²) in [6, 6.07) is 9.12. The first kappa shape index (κ1) is 18.4. The number of aryl methyl sites for hydroxylation is 1. The molecule has 2 amide bonds. The van der Waals surface area contributed by atoms with Crippen molar-refractivity contribution in [3.63, 3.8) is 0 Å². The third kappa shape index (κ3) is 3.88. The number of carbonyl (C=O) groups excluding carboxylic acids is 2. The summed E-state index contributed by atoms with van der Waals surface area (Å²) in [7, 11) is 0. The zero-order valence-electron chi connectivity index (χ0n) is 14.7. The van der Waals surface area contributed by atoms with Gasteiger partial charge in [-0.3, -0.25) is 9.59 Å². The molecule has 136 valence electrons. The largest absolute Gasteiger partial charge is 0.322 e. The maximum atomic E-state index is 13.4. The van der Waals surface area contributed by atoms with Gasteiger partial charge in [0.05, 0.1) is 10.6 Å². The number of halogens is 2. The fourth-order valence-electron chi connectivity index (χ4n) is 3.07. The Labute approximate surface area is 157 Å². The number of hydrogen-bond donors (Lipinski definition) is 1. The highest BCUT2D eigenvalue weighted by Gasteiger charge is 2.25. The maximum absolute atomic E-state index is 13.4. The van der Waals surface area contributed by atoms with Crippen LogP contribution >= 0.6 is 11.6 Å². The fraction of sp³-hybridized carbons (Fsp3) is 0.300. The minimum Gasteiger partial charge on any atom is -0.322 e. The SMILES string of the molecule is CC(C)CN1C(=O)CCc2cc(NC(=O)c3cc(F)ccc3Cl)ccc21. The number of rotatable bonds is 4. The van der Waals surface area contributed by atoms with E-state index in [1.165, 1.54) is 12.1 Å². The molecule has 0 radical (unpaired) electrons. The molecule has 0 unspecified atom stereocenters. The molecule has 0 spiro atoms. The molecule has 2 aromatic rings. The Morgan fingerprint density at radius 2 is 2.00 bits per heavy atom. The van der Waals surface area contributed by atoms with Crippen LogP contribution in [0.3, 0.4) is 0 Å². The van der Waals surface area contributed by atoms with Crippen LogP contribution in [0.2, 0.25) is 5.02 Å². The third-order valence-electron chi connectivity index (χ3n) is 4.26. The molecule has 1 aliphatic rings. The summed E-state index contributed by atoms with van der Waals surface area (Å²) in [5, 5.41) is 2.94. The number of hydrogen-bond acceptors (Lipinski definition) is 2. The van der Waals surface area contributed by atoms with E-state index in [0.717, 1.165) is 17.3 Å². The van der Waals surface area contributed by atoms with Gasteiger partial charge in [-0.15, -0.1) is 0 Å². The molecule has 1 heterocycles. The standard InChI is InChI=1S/C20H20ClFN2O2/c1-12(2)11-24-18-7-5-15(9-13(18)3-8-19(24)25)23-20(26)16-10-14(22)4-6-17(16)21/h4-7,9-10,12H,3,8,11H2,1-2H3,(H,23,26). The normalized spacial score (nSPS) is 13.7. The number of carbonyl (C=O) groups is 2.